The minimum atomic E-state index is -0.208. The Morgan fingerprint density at radius 3 is 2.50 bits per heavy atom. The van der Waals surface area contributed by atoms with Gasteiger partial charge in [-0.25, -0.2) is 4.98 Å². The van der Waals surface area contributed by atoms with E-state index in [1.54, 1.807) is 6.92 Å². The second-order valence-corrected chi connectivity index (χ2v) is 6.35. The Labute approximate surface area is 155 Å². The number of amides is 1. The van der Waals surface area contributed by atoms with E-state index < -0.39 is 0 Å². The molecule has 3 N–H and O–H groups in total. The van der Waals surface area contributed by atoms with Gasteiger partial charge in [-0.15, -0.1) is 5.10 Å². The van der Waals surface area contributed by atoms with Gasteiger partial charge in [-0.1, -0.05) is 4.49 Å². The number of benzene rings is 1. The van der Waals surface area contributed by atoms with Crippen molar-refractivity contribution in [1.29, 1.82) is 0 Å². The zero-order valence-corrected chi connectivity index (χ0v) is 15.5. The van der Waals surface area contributed by atoms with Gasteiger partial charge < -0.3 is 16.0 Å². The molecule has 0 aliphatic heterocycles. The Morgan fingerprint density at radius 1 is 1.12 bits per heavy atom. The van der Waals surface area contributed by atoms with Gasteiger partial charge in [0.1, 0.15) is 10.7 Å². The summed E-state index contributed by atoms with van der Waals surface area (Å²) in [6.07, 6.45) is 0. The Balaban J connectivity index is 1.68. The molecule has 0 atom stereocenters. The Morgan fingerprint density at radius 2 is 1.85 bits per heavy atom. The van der Waals surface area contributed by atoms with Gasteiger partial charge in [-0.05, 0) is 56.6 Å². The van der Waals surface area contributed by atoms with E-state index in [9.17, 15) is 4.79 Å². The van der Waals surface area contributed by atoms with Gasteiger partial charge in [0.2, 0.25) is 5.95 Å². The molecule has 134 valence electrons. The number of aryl methyl sites for hydroxylation is 2. The van der Waals surface area contributed by atoms with E-state index in [0.29, 0.717) is 28.0 Å². The van der Waals surface area contributed by atoms with Gasteiger partial charge in [-0.3, -0.25) is 4.79 Å². The highest BCUT2D eigenvalue weighted by Gasteiger charge is 2.13. The van der Waals surface area contributed by atoms with Gasteiger partial charge in [0.05, 0.1) is 5.69 Å². The third-order valence-corrected chi connectivity index (χ3v) is 4.29. The topological polar surface area (TPSA) is 105 Å². The Bertz CT molecular complexity index is 908. The molecule has 8 nitrogen and oxygen atoms in total. The number of anilines is 4. The smallest absolute Gasteiger partial charge is 0.269 e. The number of hydrogen-bond donors (Lipinski definition) is 3. The molecular formula is C17H19N7OS. The third-order valence-electron chi connectivity index (χ3n) is 3.46. The highest BCUT2D eigenvalue weighted by Crippen LogP contribution is 2.20. The summed E-state index contributed by atoms with van der Waals surface area (Å²) in [5.74, 6) is 1.09. The van der Waals surface area contributed by atoms with Crippen LogP contribution in [-0.2, 0) is 0 Å². The average Bonchev–Trinajstić information content (AvgIpc) is 3.02. The van der Waals surface area contributed by atoms with Crippen molar-refractivity contribution in [2.45, 2.75) is 20.8 Å². The molecule has 9 heteroatoms. The van der Waals surface area contributed by atoms with Gasteiger partial charge in [0.25, 0.3) is 5.91 Å². The van der Waals surface area contributed by atoms with Gasteiger partial charge in [0, 0.05) is 29.7 Å². The van der Waals surface area contributed by atoms with Crippen LogP contribution >= 0.6 is 11.5 Å². The van der Waals surface area contributed by atoms with E-state index >= 15 is 0 Å². The number of carbonyl (C=O) groups is 1. The van der Waals surface area contributed by atoms with Crippen LogP contribution in [0, 0.1) is 13.8 Å². The van der Waals surface area contributed by atoms with Gasteiger partial charge in [0.15, 0.2) is 0 Å². The maximum atomic E-state index is 12.2. The summed E-state index contributed by atoms with van der Waals surface area (Å²) in [5, 5.41) is 13.0. The van der Waals surface area contributed by atoms with Crippen molar-refractivity contribution >= 4 is 40.6 Å². The van der Waals surface area contributed by atoms with Crippen molar-refractivity contribution in [2.75, 3.05) is 22.5 Å². The van der Waals surface area contributed by atoms with E-state index in [-0.39, 0.29) is 5.91 Å². The van der Waals surface area contributed by atoms with Crippen molar-refractivity contribution < 1.29 is 4.79 Å². The standard InChI is InChI=1S/C17H19N7OS/c1-4-18-17-19-10(2)9-14(22-17)20-12-5-7-13(8-6-12)21-16(25)15-11(3)23-24-26-15/h5-9H,4H2,1-3H3,(H,21,25)(H2,18,19,20,22). The van der Waals surface area contributed by atoms with Crippen LogP contribution in [0.4, 0.5) is 23.1 Å². The normalized spacial score (nSPS) is 10.4. The van der Waals surface area contributed by atoms with Crippen molar-refractivity contribution in [3.63, 3.8) is 0 Å². The molecule has 0 fully saturated rings. The second kappa shape index (κ2) is 7.87. The second-order valence-electron chi connectivity index (χ2n) is 5.59. The van der Waals surface area contributed by atoms with E-state index in [4.69, 9.17) is 0 Å². The molecule has 3 rings (SSSR count). The molecule has 0 spiro atoms. The summed E-state index contributed by atoms with van der Waals surface area (Å²) < 4.78 is 3.78. The number of carbonyl (C=O) groups excluding carboxylic acids is 1. The zero-order chi connectivity index (χ0) is 18.5. The first-order valence-corrected chi connectivity index (χ1v) is 8.89. The molecule has 0 bridgehead atoms. The maximum Gasteiger partial charge on any atom is 0.269 e. The maximum absolute atomic E-state index is 12.2. The Kier molecular flexibility index (Phi) is 5.37. The van der Waals surface area contributed by atoms with E-state index in [1.807, 2.05) is 44.2 Å². The lowest BCUT2D eigenvalue weighted by Crippen LogP contribution is -2.11. The lowest BCUT2D eigenvalue weighted by Gasteiger charge is -2.10. The van der Waals surface area contributed by atoms with Crippen LogP contribution in [-0.4, -0.2) is 32.0 Å². The average molecular weight is 369 g/mol. The number of nitrogens with zero attached hydrogens (tertiary/aromatic N) is 4. The lowest BCUT2D eigenvalue weighted by molar-refractivity contribution is 0.103. The Hall–Kier alpha value is -3.07. The third kappa shape index (κ3) is 4.31. The molecule has 2 heterocycles. The summed E-state index contributed by atoms with van der Waals surface area (Å²) >= 11 is 1.08. The SMILES string of the molecule is CCNc1nc(C)cc(Nc2ccc(NC(=O)c3snnc3C)cc2)n1. The molecule has 0 saturated carbocycles. The van der Waals surface area contributed by atoms with E-state index in [1.165, 1.54) is 0 Å². The highest BCUT2D eigenvalue weighted by atomic mass is 32.1. The van der Waals surface area contributed by atoms with Gasteiger partial charge >= 0.3 is 0 Å². The fourth-order valence-corrected chi connectivity index (χ4v) is 2.83. The predicted octanol–water partition coefficient (Wildman–Crippen LogP) is 3.37. The van der Waals surface area contributed by atoms with E-state index in [2.05, 4.69) is 35.5 Å². The van der Waals surface area contributed by atoms with E-state index in [0.717, 1.165) is 29.5 Å². The fourth-order valence-electron chi connectivity index (χ4n) is 2.28. The van der Waals surface area contributed by atoms with Crippen LogP contribution < -0.4 is 16.0 Å². The first-order chi connectivity index (χ1) is 12.5. The monoisotopic (exact) mass is 369 g/mol. The molecule has 3 aromatic rings. The number of rotatable bonds is 6. The van der Waals surface area contributed by atoms with Crippen LogP contribution in [0.25, 0.3) is 0 Å². The van der Waals surface area contributed by atoms with Crippen molar-refractivity contribution in [3.05, 3.63) is 46.6 Å². The largest absolute Gasteiger partial charge is 0.354 e. The fraction of sp³-hybridized carbons (Fsp3) is 0.235. The molecule has 1 aromatic carbocycles. The molecule has 0 saturated heterocycles. The lowest BCUT2D eigenvalue weighted by atomic mass is 10.2. The summed E-state index contributed by atoms with van der Waals surface area (Å²) in [6.45, 7) is 6.43. The summed E-state index contributed by atoms with van der Waals surface area (Å²) in [7, 11) is 0. The van der Waals surface area contributed by atoms with Crippen LogP contribution in [0.15, 0.2) is 30.3 Å². The number of nitrogens with one attached hydrogen (secondary N) is 3. The zero-order valence-electron chi connectivity index (χ0n) is 14.7. The van der Waals surface area contributed by atoms with Crippen LogP contribution in [0.5, 0.6) is 0 Å². The highest BCUT2D eigenvalue weighted by molar-refractivity contribution is 7.08. The predicted molar refractivity (Wildman–Crippen MR) is 103 cm³/mol. The minimum absolute atomic E-state index is 0.208. The molecule has 1 amide bonds. The first-order valence-electron chi connectivity index (χ1n) is 8.12. The van der Waals surface area contributed by atoms with Crippen LogP contribution in [0.1, 0.15) is 28.0 Å². The van der Waals surface area contributed by atoms with Crippen molar-refractivity contribution in [3.8, 4) is 0 Å². The first kappa shape index (κ1) is 17.7. The quantitative estimate of drug-likeness (QED) is 0.612. The molecule has 0 aliphatic rings. The molecular weight excluding hydrogens is 350 g/mol. The molecule has 2 aromatic heterocycles. The van der Waals surface area contributed by atoms with Crippen molar-refractivity contribution in [2.24, 2.45) is 0 Å². The number of hydrogen-bond acceptors (Lipinski definition) is 8. The van der Waals surface area contributed by atoms with Crippen molar-refractivity contribution in [1.82, 2.24) is 19.6 Å². The summed E-state index contributed by atoms with van der Waals surface area (Å²) in [5.41, 5.74) is 3.05. The van der Waals surface area contributed by atoms with Crippen LogP contribution in [0.2, 0.25) is 0 Å². The summed E-state index contributed by atoms with van der Waals surface area (Å²) in [6, 6.07) is 9.26. The van der Waals surface area contributed by atoms with Crippen LogP contribution in [0.3, 0.4) is 0 Å². The molecule has 26 heavy (non-hydrogen) atoms. The summed E-state index contributed by atoms with van der Waals surface area (Å²) in [4.78, 5) is 21.4. The molecule has 0 aliphatic carbocycles. The molecule has 0 radical (unpaired) electrons. The van der Waals surface area contributed by atoms with Gasteiger partial charge in [-0.2, -0.15) is 4.98 Å². The number of aromatic nitrogens is 4. The minimum Gasteiger partial charge on any atom is -0.354 e. The molecule has 0 unspecified atom stereocenters.